The van der Waals surface area contributed by atoms with Gasteiger partial charge >= 0.3 is 0 Å². The maximum atomic E-state index is 11.7. The lowest BCUT2D eigenvalue weighted by Crippen LogP contribution is -2.40. The quantitative estimate of drug-likeness (QED) is 0.873. The third-order valence-electron chi connectivity index (χ3n) is 5.35. The summed E-state index contributed by atoms with van der Waals surface area (Å²) in [6, 6.07) is 18.2. The van der Waals surface area contributed by atoms with Gasteiger partial charge in [-0.25, -0.2) is 9.48 Å². The first-order valence-corrected chi connectivity index (χ1v) is 9.05. The normalized spacial score (nSPS) is 23.4. The lowest BCUT2D eigenvalue weighted by atomic mass is 10.0. The van der Waals surface area contributed by atoms with Gasteiger partial charge in [-0.05, 0) is 43.5 Å². The minimum atomic E-state index is -0.971. The van der Waals surface area contributed by atoms with Crippen LogP contribution in [0.15, 0.2) is 54.6 Å². The summed E-state index contributed by atoms with van der Waals surface area (Å²) in [6.07, 6.45) is 4.50. The van der Waals surface area contributed by atoms with E-state index in [2.05, 4.69) is 21.6 Å². The van der Waals surface area contributed by atoms with Crippen LogP contribution in [0.3, 0.4) is 0 Å². The standard InChI is InChI=1S/C21H25N2O2/c1-25-19-13-11-18(12-14-19)22-16-21(24,17-8-4-2-5-9-17)23-15-7-3-6-10-20(22)23/h2,4-5,8-9,11-14,24H,3,6-7,10,15-16H2,1H3/q+1. The Bertz CT molecular complexity index is 770. The summed E-state index contributed by atoms with van der Waals surface area (Å²) in [6.45, 7) is 1.45. The van der Waals surface area contributed by atoms with E-state index in [1.165, 1.54) is 18.7 Å². The van der Waals surface area contributed by atoms with Crippen LogP contribution in [0.5, 0.6) is 5.75 Å². The molecular weight excluding hydrogens is 312 g/mol. The van der Waals surface area contributed by atoms with Crippen LogP contribution in [-0.2, 0) is 5.72 Å². The number of β-amino-alcohol motifs (C(OH)–C–C–N with tert-alkyl or cyclic N) is 1. The van der Waals surface area contributed by atoms with Crippen LogP contribution < -0.4 is 9.64 Å². The maximum absolute atomic E-state index is 11.7. The number of ether oxygens (including phenoxy) is 1. The average molecular weight is 337 g/mol. The highest BCUT2D eigenvalue weighted by Crippen LogP contribution is 2.35. The molecule has 0 aromatic heterocycles. The maximum Gasteiger partial charge on any atom is 0.271 e. The van der Waals surface area contributed by atoms with E-state index >= 15 is 0 Å². The SMILES string of the molecule is COc1ccc(N2CC(O)(c3ccccc3)[N+]3=C2CCCCC3)cc1. The first-order valence-electron chi connectivity index (χ1n) is 9.05. The molecule has 0 fully saturated rings. The van der Waals surface area contributed by atoms with Crippen LogP contribution in [0.25, 0.3) is 0 Å². The van der Waals surface area contributed by atoms with E-state index in [0.29, 0.717) is 6.54 Å². The minimum Gasteiger partial charge on any atom is -0.497 e. The Kier molecular flexibility index (Phi) is 4.22. The fourth-order valence-corrected chi connectivity index (χ4v) is 4.02. The van der Waals surface area contributed by atoms with Crippen molar-refractivity contribution < 1.29 is 14.4 Å². The third kappa shape index (κ3) is 2.81. The van der Waals surface area contributed by atoms with Crippen molar-refractivity contribution in [2.24, 2.45) is 0 Å². The number of hydrogen-bond donors (Lipinski definition) is 1. The van der Waals surface area contributed by atoms with E-state index in [1.807, 2.05) is 42.5 Å². The Balaban J connectivity index is 1.77. The fraction of sp³-hybridized carbons (Fsp3) is 0.381. The van der Waals surface area contributed by atoms with Gasteiger partial charge in [-0.2, -0.15) is 0 Å². The van der Waals surface area contributed by atoms with Crippen LogP contribution >= 0.6 is 0 Å². The number of rotatable bonds is 3. The Morgan fingerprint density at radius 3 is 2.48 bits per heavy atom. The van der Waals surface area contributed by atoms with Gasteiger partial charge in [-0.3, -0.25) is 0 Å². The summed E-state index contributed by atoms with van der Waals surface area (Å²) < 4.78 is 7.51. The largest absolute Gasteiger partial charge is 0.497 e. The molecule has 0 spiro atoms. The number of benzene rings is 2. The number of methoxy groups -OCH3 is 1. The van der Waals surface area contributed by atoms with Gasteiger partial charge in [0.05, 0.1) is 13.7 Å². The summed E-state index contributed by atoms with van der Waals surface area (Å²) in [5.74, 6) is 2.08. The van der Waals surface area contributed by atoms with Gasteiger partial charge in [0.2, 0.25) is 0 Å². The number of aliphatic hydroxyl groups is 1. The van der Waals surface area contributed by atoms with Crippen molar-refractivity contribution in [2.45, 2.75) is 31.4 Å². The van der Waals surface area contributed by atoms with Crippen LogP contribution in [0.1, 0.15) is 31.2 Å². The predicted octanol–water partition coefficient (Wildman–Crippen LogP) is 3.35. The van der Waals surface area contributed by atoms with Crippen LogP contribution in [-0.4, -0.2) is 35.7 Å². The second-order valence-electron chi connectivity index (χ2n) is 6.85. The molecule has 2 aliphatic heterocycles. The second-order valence-corrected chi connectivity index (χ2v) is 6.85. The van der Waals surface area contributed by atoms with Crippen LogP contribution in [0, 0.1) is 0 Å². The molecule has 25 heavy (non-hydrogen) atoms. The van der Waals surface area contributed by atoms with Gasteiger partial charge in [0.25, 0.3) is 11.6 Å². The molecule has 2 aliphatic rings. The fourth-order valence-electron chi connectivity index (χ4n) is 4.02. The summed E-state index contributed by atoms with van der Waals surface area (Å²) in [5, 5.41) is 11.7. The smallest absolute Gasteiger partial charge is 0.271 e. The van der Waals surface area contributed by atoms with Crippen molar-refractivity contribution in [2.75, 3.05) is 25.1 Å². The van der Waals surface area contributed by atoms with Crippen LogP contribution in [0.4, 0.5) is 5.69 Å². The second kappa shape index (κ2) is 6.52. The molecule has 0 aliphatic carbocycles. The van der Waals surface area contributed by atoms with Crippen molar-refractivity contribution in [3.63, 3.8) is 0 Å². The lowest BCUT2D eigenvalue weighted by Gasteiger charge is -2.23. The van der Waals surface area contributed by atoms with Crippen molar-refractivity contribution in [3.8, 4) is 5.75 Å². The van der Waals surface area contributed by atoms with Gasteiger partial charge < -0.3 is 9.84 Å². The van der Waals surface area contributed by atoms with E-state index < -0.39 is 5.72 Å². The minimum absolute atomic E-state index is 0.554. The molecule has 130 valence electrons. The van der Waals surface area contributed by atoms with E-state index in [-0.39, 0.29) is 0 Å². The van der Waals surface area contributed by atoms with Crippen LogP contribution in [0.2, 0.25) is 0 Å². The zero-order chi connectivity index (χ0) is 17.3. The molecule has 0 saturated carbocycles. The van der Waals surface area contributed by atoms with Gasteiger partial charge in [-0.15, -0.1) is 0 Å². The highest BCUT2D eigenvalue weighted by Gasteiger charge is 2.51. The molecule has 4 rings (SSSR count). The molecule has 2 aromatic rings. The predicted molar refractivity (Wildman–Crippen MR) is 99.3 cm³/mol. The van der Waals surface area contributed by atoms with Gasteiger partial charge in [-0.1, -0.05) is 30.3 Å². The third-order valence-corrected chi connectivity index (χ3v) is 5.35. The highest BCUT2D eigenvalue weighted by molar-refractivity contribution is 5.95. The molecule has 4 nitrogen and oxygen atoms in total. The number of amidine groups is 1. The molecule has 4 heteroatoms. The molecule has 2 heterocycles. The average Bonchev–Trinajstić information content (AvgIpc) is 2.82. The molecule has 0 amide bonds. The Hall–Kier alpha value is -2.33. The zero-order valence-corrected chi connectivity index (χ0v) is 14.7. The molecule has 2 aromatic carbocycles. The monoisotopic (exact) mass is 337 g/mol. The number of hydrogen-bond acceptors (Lipinski definition) is 3. The van der Waals surface area contributed by atoms with Gasteiger partial charge in [0, 0.05) is 12.0 Å². The van der Waals surface area contributed by atoms with Crippen molar-refractivity contribution in [1.29, 1.82) is 0 Å². The van der Waals surface area contributed by atoms with Crippen molar-refractivity contribution in [3.05, 3.63) is 60.2 Å². The summed E-state index contributed by atoms with van der Waals surface area (Å²) in [7, 11) is 1.68. The summed E-state index contributed by atoms with van der Waals surface area (Å²) in [5.41, 5.74) is 1.10. The molecule has 0 saturated heterocycles. The number of nitrogens with zero attached hydrogens (tertiary/aromatic N) is 2. The van der Waals surface area contributed by atoms with Gasteiger partial charge in [0.1, 0.15) is 11.4 Å². The van der Waals surface area contributed by atoms with E-state index in [9.17, 15) is 5.11 Å². The number of anilines is 1. The zero-order valence-electron chi connectivity index (χ0n) is 14.7. The van der Waals surface area contributed by atoms with E-state index in [4.69, 9.17) is 4.74 Å². The topological polar surface area (TPSA) is 35.7 Å². The summed E-state index contributed by atoms with van der Waals surface area (Å²) in [4.78, 5) is 2.28. The van der Waals surface area contributed by atoms with Crippen molar-refractivity contribution >= 4 is 11.5 Å². The molecule has 0 bridgehead atoms. The first kappa shape index (κ1) is 16.2. The Morgan fingerprint density at radius 1 is 1.00 bits per heavy atom. The molecule has 1 N–H and O–H groups in total. The molecule has 0 radical (unpaired) electrons. The molecule has 1 atom stereocenters. The molecular formula is C21H25N2O2+. The van der Waals surface area contributed by atoms with Crippen molar-refractivity contribution in [1.82, 2.24) is 0 Å². The lowest BCUT2D eigenvalue weighted by molar-refractivity contribution is -0.658. The molecule has 1 unspecified atom stereocenters. The Labute approximate surface area is 149 Å². The summed E-state index contributed by atoms with van der Waals surface area (Å²) >= 11 is 0. The Morgan fingerprint density at radius 2 is 1.76 bits per heavy atom. The van der Waals surface area contributed by atoms with E-state index in [0.717, 1.165) is 36.4 Å². The van der Waals surface area contributed by atoms with Gasteiger partial charge in [0.15, 0.2) is 6.54 Å². The van der Waals surface area contributed by atoms with E-state index in [1.54, 1.807) is 7.11 Å². The highest BCUT2D eigenvalue weighted by atomic mass is 16.5. The first-order chi connectivity index (χ1) is 12.2.